The average molecular weight is 343 g/mol. The Morgan fingerprint density at radius 2 is 1.88 bits per heavy atom. The number of carbonyl (C=O) groups is 1. The van der Waals surface area contributed by atoms with Crippen LogP contribution < -0.4 is 0 Å². The van der Waals surface area contributed by atoms with E-state index in [-0.39, 0.29) is 11.7 Å². The van der Waals surface area contributed by atoms with Crippen molar-refractivity contribution in [3.05, 3.63) is 70.8 Å². The number of benzene rings is 2. The number of hydrogen-bond acceptors (Lipinski definition) is 5. The zero-order valence-corrected chi connectivity index (χ0v) is 14.0. The molecule has 0 heterocycles. The molecule has 124 valence electrons. The van der Waals surface area contributed by atoms with E-state index in [0.29, 0.717) is 17.9 Å². The Morgan fingerprint density at radius 3 is 2.50 bits per heavy atom. The van der Waals surface area contributed by atoms with Gasteiger partial charge in [-0.15, -0.1) is 11.8 Å². The monoisotopic (exact) mass is 343 g/mol. The molecular formula is C18H17NO4S. The number of rotatable bonds is 7. The molecule has 0 saturated carbocycles. The normalized spacial score (nSPS) is 10.2. The van der Waals surface area contributed by atoms with Gasteiger partial charge >= 0.3 is 5.97 Å². The molecule has 2 aromatic rings. The second kappa shape index (κ2) is 8.31. The van der Waals surface area contributed by atoms with Crippen LogP contribution in [0.2, 0.25) is 0 Å². The Labute approximate surface area is 144 Å². The number of carbonyl (C=O) groups excluding carboxylic acids is 1. The molecular weight excluding hydrogens is 326 g/mol. The molecule has 24 heavy (non-hydrogen) atoms. The fourth-order valence-corrected chi connectivity index (χ4v) is 2.91. The van der Waals surface area contributed by atoms with Gasteiger partial charge in [0.25, 0.3) is 5.69 Å². The van der Waals surface area contributed by atoms with Crippen LogP contribution in [0, 0.1) is 10.1 Å². The van der Waals surface area contributed by atoms with E-state index in [1.165, 1.54) is 12.1 Å². The maximum Gasteiger partial charge on any atom is 0.333 e. The van der Waals surface area contributed by atoms with Gasteiger partial charge in [0.2, 0.25) is 0 Å². The van der Waals surface area contributed by atoms with Crippen LogP contribution in [0.1, 0.15) is 6.92 Å². The van der Waals surface area contributed by atoms with Crippen LogP contribution in [0.5, 0.6) is 0 Å². The van der Waals surface area contributed by atoms with Gasteiger partial charge in [0.1, 0.15) is 6.61 Å². The van der Waals surface area contributed by atoms with E-state index in [0.717, 1.165) is 16.0 Å². The van der Waals surface area contributed by atoms with Crippen molar-refractivity contribution < 1.29 is 14.5 Å². The standard InChI is InChI=1S/C18H17NO4S/c1-13(2)18(20)23-11-12-24-17-6-4-3-5-16(17)14-7-9-15(10-8-14)19(21)22/h3-10H,1,11-12H2,2H3. The van der Waals surface area contributed by atoms with Gasteiger partial charge in [-0.05, 0) is 36.2 Å². The van der Waals surface area contributed by atoms with Crippen molar-refractivity contribution in [2.24, 2.45) is 0 Å². The minimum absolute atomic E-state index is 0.0654. The Kier molecular flexibility index (Phi) is 6.14. The quantitative estimate of drug-likeness (QED) is 0.185. The average Bonchev–Trinajstić information content (AvgIpc) is 2.59. The lowest BCUT2D eigenvalue weighted by molar-refractivity contribution is -0.384. The highest BCUT2D eigenvalue weighted by Gasteiger charge is 2.09. The van der Waals surface area contributed by atoms with E-state index < -0.39 is 4.92 Å². The first kappa shape index (κ1) is 17.7. The van der Waals surface area contributed by atoms with Crippen molar-refractivity contribution in [1.29, 1.82) is 0 Å². The third-order valence-electron chi connectivity index (χ3n) is 3.20. The summed E-state index contributed by atoms with van der Waals surface area (Å²) < 4.78 is 5.08. The summed E-state index contributed by atoms with van der Waals surface area (Å²) in [6, 6.07) is 14.2. The third-order valence-corrected chi connectivity index (χ3v) is 4.24. The van der Waals surface area contributed by atoms with Crippen LogP contribution >= 0.6 is 11.8 Å². The molecule has 0 amide bonds. The number of hydrogen-bond donors (Lipinski definition) is 0. The highest BCUT2D eigenvalue weighted by molar-refractivity contribution is 7.99. The summed E-state index contributed by atoms with van der Waals surface area (Å²) in [5.41, 5.74) is 2.34. The third kappa shape index (κ3) is 4.70. The van der Waals surface area contributed by atoms with E-state index in [1.807, 2.05) is 24.3 Å². The predicted octanol–water partition coefficient (Wildman–Crippen LogP) is 4.47. The summed E-state index contributed by atoms with van der Waals surface area (Å²) in [5.74, 6) is 0.225. The van der Waals surface area contributed by atoms with Gasteiger partial charge in [0.15, 0.2) is 0 Å². The number of nitrogens with zero attached hydrogens (tertiary/aromatic N) is 1. The molecule has 0 N–H and O–H groups in total. The van der Waals surface area contributed by atoms with Gasteiger partial charge in [0.05, 0.1) is 4.92 Å². The first-order valence-electron chi connectivity index (χ1n) is 7.28. The number of ether oxygens (including phenoxy) is 1. The highest BCUT2D eigenvalue weighted by atomic mass is 32.2. The summed E-state index contributed by atoms with van der Waals surface area (Å²) in [7, 11) is 0. The molecule has 0 saturated heterocycles. The minimum Gasteiger partial charge on any atom is -0.461 e. The van der Waals surface area contributed by atoms with Crippen molar-refractivity contribution in [2.45, 2.75) is 11.8 Å². The van der Waals surface area contributed by atoms with Crippen molar-refractivity contribution in [2.75, 3.05) is 12.4 Å². The summed E-state index contributed by atoms with van der Waals surface area (Å²) in [6.45, 7) is 5.44. The van der Waals surface area contributed by atoms with Crippen LogP contribution in [0.25, 0.3) is 11.1 Å². The zero-order valence-electron chi connectivity index (χ0n) is 13.2. The van der Waals surface area contributed by atoms with E-state index in [1.54, 1.807) is 30.8 Å². The van der Waals surface area contributed by atoms with E-state index >= 15 is 0 Å². The van der Waals surface area contributed by atoms with Gasteiger partial charge in [-0.1, -0.05) is 24.8 Å². The summed E-state index contributed by atoms with van der Waals surface area (Å²) >= 11 is 1.57. The topological polar surface area (TPSA) is 69.4 Å². The lowest BCUT2D eigenvalue weighted by Gasteiger charge is -2.10. The van der Waals surface area contributed by atoms with Gasteiger partial charge in [-0.3, -0.25) is 10.1 Å². The largest absolute Gasteiger partial charge is 0.461 e. The summed E-state index contributed by atoms with van der Waals surface area (Å²) in [5, 5.41) is 10.7. The van der Waals surface area contributed by atoms with Crippen molar-refractivity contribution in [3.8, 4) is 11.1 Å². The van der Waals surface area contributed by atoms with E-state index in [9.17, 15) is 14.9 Å². The molecule has 0 atom stereocenters. The molecule has 0 spiro atoms. The summed E-state index contributed by atoms with van der Waals surface area (Å²) in [4.78, 5) is 22.7. The molecule has 5 nitrogen and oxygen atoms in total. The molecule has 0 radical (unpaired) electrons. The molecule has 0 bridgehead atoms. The first-order valence-corrected chi connectivity index (χ1v) is 8.27. The van der Waals surface area contributed by atoms with Gasteiger partial charge in [0, 0.05) is 28.4 Å². The number of thioether (sulfide) groups is 1. The molecule has 0 aliphatic heterocycles. The first-order chi connectivity index (χ1) is 11.5. The Morgan fingerprint density at radius 1 is 1.21 bits per heavy atom. The maximum atomic E-state index is 11.3. The van der Waals surface area contributed by atoms with E-state index in [2.05, 4.69) is 6.58 Å². The SMILES string of the molecule is C=C(C)C(=O)OCCSc1ccccc1-c1ccc([N+](=O)[O-])cc1. The zero-order chi connectivity index (χ0) is 17.5. The van der Waals surface area contributed by atoms with E-state index in [4.69, 9.17) is 4.74 Å². The fourth-order valence-electron chi connectivity index (χ4n) is 2.00. The maximum absolute atomic E-state index is 11.3. The molecule has 2 rings (SSSR count). The lowest BCUT2D eigenvalue weighted by atomic mass is 10.1. The molecule has 0 aliphatic carbocycles. The van der Waals surface area contributed by atoms with Crippen LogP contribution in [-0.4, -0.2) is 23.3 Å². The Bertz CT molecular complexity index is 756. The molecule has 0 aromatic heterocycles. The second-order valence-electron chi connectivity index (χ2n) is 5.06. The Balaban J connectivity index is 2.06. The molecule has 0 unspecified atom stereocenters. The van der Waals surface area contributed by atoms with Gasteiger partial charge in [-0.2, -0.15) is 0 Å². The Hall–Kier alpha value is -2.60. The number of nitro groups is 1. The number of non-ortho nitro benzene ring substituents is 1. The molecule has 0 aliphatic rings. The smallest absolute Gasteiger partial charge is 0.333 e. The lowest BCUT2D eigenvalue weighted by Crippen LogP contribution is -2.07. The van der Waals surface area contributed by atoms with Crippen LogP contribution in [0.4, 0.5) is 5.69 Å². The van der Waals surface area contributed by atoms with Crippen LogP contribution in [-0.2, 0) is 9.53 Å². The van der Waals surface area contributed by atoms with Crippen molar-refractivity contribution >= 4 is 23.4 Å². The van der Waals surface area contributed by atoms with Gasteiger partial charge < -0.3 is 4.74 Å². The number of esters is 1. The second-order valence-corrected chi connectivity index (χ2v) is 6.20. The van der Waals surface area contributed by atoms with Crippen molar-refractivity contribution in [3.63, 3.8) is 0 Å². The molecule has 2 aromatic carbocycles. The molecule has 6 heteroatoms. The van der Waals surface area contributed by atoms with Crippen LogP contribution in [0.15, 0.2) is 65.6 Å². The summed E-state index contributed by atoms with van der Waals surface area (Å²) in [6.07, 6.45) is 0. The number of nitro benzene ring substituents is 1. The minimum atomic E-state index is -0.416. The highest BCUT2D eigenvalue weighted by Crippen LogP contribution is 2.32. The van der Waals surface area contributed by atoms with Gasteiger partial charge in [-0.25, -0.2) is 4.79 Å². The predicted molar refractivity (Wildman–Crippen MR) is 95.0 cm³/mol. The molecule has 0 fully saturated rings. The fraction of sp³-hybridized carbons (Fsp3) is 0.167. The van der Waals surface area contributed by atoms with Crippen LogP contribution in [0.3, 0.4) is 0 Å². The van der Waals surface area contributed by atoms with Crippen molar-refractivity contribution in [1.82, 2.24) is 0 Å².